The lowest BCUT2D eigenvalue weighted by Crippen LogP contribution is -2.31. The Kier molecular flexibility index (Phi) is 4.08. The molecule has 0 amide bonds. The van der Waals surface area contributed by atoms with Crippen LogP contribution in [0.25, 0.3) is 0 Å². The highest BCUT2D eigenvalue weighted by molar-refractivity contribution is 8.04. The van der Waals surface area contributed by atoms with Crippen LogP contribution < -0.4 is 4.13 Å². The van der Waals surface area contributed by atoms with Crippen LogP contribution in [0.3, 0.4) is 0 Å². The molecule has 0 aliphatic rings. The Morgan fingerprint density at radius 1 is 0.810 bits per heavy atom. The zero-order valence-corrected chi connectivity index (χ0v) is 12.0. The molecule has 0 saturated heterocycles. The average Bonchev–Trinajstić information content (AvgIpc) is 2.38. The summed E-state index contributed by atoms with van der Waals surface area (Å²) >= 11 is 0. The quantitative estimate of drug-likeness (QED) is 0.922. The van der Waals surface area contributed by atoms with Crippen molar-refractivity contribution in [3.05, 3.63) is 60.2 Å². The van der Waals surface area contributed by atoms with E-state index < -0.39 is 36.6 Å². The molecule has 1 N–H and O–H groups in total. The third-order valence-corrected chi connectivity index (χ3v) is 6.01. The first-order chi connectivity index (χ1) is 9.72. The van der Waals surface area contributed by atoms with Gasteiger partial charge in [-0.25, -0.2) is 25.6 Å². The van der Waals surface area contributed by atoms with Gasteiger partial charge in [0, 0.05) is 6.07 Å². The average molecular weight is 333 g/mol. The number of rotatable bonds is 4. The zero-order chi connectivity index (χ0) is 15.7. The smallest absolute Gasteiger partial charge is 0.207 e. The summed E-state index contributed by atoms with van der Waals surface area (Å²) in [5.41, 5.74) is 0. The first-order valence-electron chi connectivity index (χ1n) is 5.51. The number of hydrogen-bond donors (Lipinski definition) is 1. The van der Waals surface area contributed by atoms with Crippen LogP contribution in [0.4, 0.5) is 8.78 Å². The summed E-state index contributed by atoms with van der Waals surface area (Å²) in [5, 5.41) is 0. The molecule has 0 fully saturated rings. The number of benzene rings is 2. The van der Waals surface area contributed by atoms with E-state index in [0.29, 0.717) is 18.2 Å². The van der Waals surface area contributed by atoms with E-state index in [4.69, 9.17) is 0 Å². The maximum atomic E-state index is 13.5. The molecule has 5 nitrogen and oxygen atoms in total. The molecule has 0 saturated carbocycles. The summed E-state index contributed by atoms with van der Waals surface area (Å²) in [6.07, 6.45) is 0. The molecule has 0 aliphatic carbocycles. The van der Waals surface area contributed by atoms with Gasteiger partial charge in [0.15, 0.2) is 0 Å². The van der Waals surface area contributed by atoms with Crippen LogP contribution in [0.15, 0.2) is 58.3 Å². The van der Waals surface area contributed by atoms with Gasteiger partial charge < -0.3 is 0 Å². The molecule has 0 aliphatic heterocycles. The Morgan fingerprint density at radius 2 is 1.43 bits per heavy atom. The second kappa shape index (κ2) is 5.51. The van der Waals surface area contributed by atoms with Crippen molar-refractivity contribution in [2.24, 2.45) is 0 Å². The molecule has 0 atom stereocenters. The fourth-order valence-electron chi connectivity index (χ4n) is 1.53. The van der Waals surface area contributed by atoms with Gasteiger partial charge in [-0.1, -0.05) is 18.2 Å². The summed E-state index contributed by atoms with van der Waals surface area (Å²) in [5.74, 6) is -2.36. The molecule has 0 unspecified atom stereocenters. The standard InChI is InChI=1S/C12H9F2NO4S2/c13-9-6-7-12(11(14)8-9)21(18,19)15-20(16,17)10-4-2-1-3-5-10/h1-8,15H. The maximum absolute atomic E-state index is 13.5. The van der Waals surface area contributed by atoms with Crippen LogP contribution >= 0.6 is 0 Å². The monoisotopic (exact) mass is 333 g/mol. The highest BCUT2D eigenvalue weighted by Crippen LogP contribution is 2.17. The maximum Gasteiger partial charge on any atom is 0.256 e. The van der Waals surface area contributed by atoms with E-state index in [-0.39, 0.29) is 4.90 Å². The third-order valence-electron chi connectivity index (χ3n) is 2.46. The third kappa shape index (κ3) is 3.43. The van der Waals surface area contributed by atoms with Crippen LogP contribution in [0.2, 0.25) is 0 Å². The molecule has 0 radical (unpaired) electrons. The molecule has 2 aromatic carbocycles. The first kappa shape index (κ1) is 15.5. The van der Waals surface area contributed by atoms with E-state index in [0.717, 1.165) is 0 Å². The van der Waals surface area contributed by atoms with Gasteiger partial charge >= 0.3 is 0 Å². The summed E-state index contributed by atoms with van der Waals surface area (Å²) < 4.78 is 75.3. The summed E-state index contributed by atoms with van der Waals surface area (Å²) in [7, 11) is -9.08. The molecular weight excluding hydrogens is 324 g/mol. The van der Waals surface area contributed by atoms with E-state index in [1.807, 2.05) is 0 Å². The number of sulfonamides is 2. The Hall–Kier alpha value is -1.84. The summed E-state index contributed by atoms with van der Waals surface area (Å²) in [4.78, 5) is -1.25. The lowest BCUT2D eigenvalue weighted by atomic mass is 10.3. The lowest BCUT2D eigenvalue weighted by molar-refractivity contribution is 0.546. The van der Waals surface area contributed by atoms with Crippen LogP contribution in [0, 0.1) is 11.6 Å². The van der Waals surface area contributed by atoms with E-state index in [1.54, 1.807) is 6.07 Å². The Bertz CT molecular complexity index is 865. The van der Waals surface area contributed by atoms with Crippen molar-refractivity contribution in [3.63, 3.8) is 0 Å². The number of nitrogens with one attached hydrogen (secondary N) is 1. The molecular formula is C12H9F2NO4S2. The predicted molar refractivity (Wildman–Crippen MR) is 70.3 cm³/mol. The second-order valence-corrected chi connectivity index (χ2v) is 7.57. The van der Waals surface area contributed by atoms with Crippen LogP contribution in [0.5, 0.6) is 0 Å². The molecule has 2 aromatic rings. The van der Waals surface area contributed by atoms with Gasteiger partial charge in [-0.15, -0.1) is 4.13 Å². The zero-order valence-electron chi connectivity index (χ0n) is 10.3. The van der Waals surface area contributed by atoms with Gasteiger partial charge in [0.2, 0.25) is 0 Å². The minimum Gasteiger partial charge on any atom is -0.207 e. The van der Waals surface area contributed by atoms with Gasteiger partial charge in [-0.2, -0.15) is 0 Å². The topological polar surface area (TPSA) is 80.3 Å². The molecule has 2 rings (SSSR count). The summed E-state index contributed by atoms with van der Waals surface area (Å²) in [6, 6.07) is 8.42. The van der Waals surface area contributed by atoms with Gasteiger partial charge in [-0.3, -0.25) is 0 Å². The number of halogens is 2. The highest BCUT2D eigenvalue weighted by atomic mass is 32.3. The summed E-state index contributed by atoms with van der Waals surface area (Å²) in [6.45, 7) is 0. The van der Waals surface area contributed by atoms with E-state index in [2.05, 4.69) is 0 Å². The van der Waals surface area contributed by atoms with Crippen molar-refractivity contribution < 1.29 is 25.6 Å². The van der Waals surface area contributed by atoms with Gasteiger partial charge in [0.25, 0.3) is 20.0 Å². The Balaban J connectivity index is 2.42. The Labute approximate surface area is 120 Å². The Morgan fingerprint density at radius 3 is 2.00 bits per heavy atom. The van der Waals surface area contributed by atoms with Gasteiger partial charge in [0.1, 0.15) is 16.5 Å². The molecule has 0 spiro atoms. The normalized spacial score (nSPS) is 12.3. The fourth-order valence-corrected chi connectivity index (χ4v) is 4.51. The van der Waals surface area contributed by atoms with Crippen LogP contribution in [-0.2, 0) is 20.0 Å². The first-order valence-corrected chi connectivity index (χ1v) is 8.48. The van der Waals surface area contributed by atoms with Crippen molar-refractivity contribution in [1.29, 1.82) is 0 Å². The van der Waals surface area contributed by atoms with Crippen molar-refractivity contribution >= 4 is 20.0 Å². The SMILES string of the molecule is O=S(=O)(NS(=O)(=O)c1ccc(F)cc1F)c1ccccc1. The van der Waals surface area contributed by atoms with Crippen LogP contribution in [0.1, 0.15) is 0 Å². The minimum absolute atomic E-state index is 0.295. The molecule has 0 aromatic heterocycles. The van der Waals surface area contributed by atoms with Gasteiger partial charge in [0.05, 0.1) is 4.90 Å². The molecule has 0 heterocycles. The van der Waals surface area contributed by atoms with Crippen molar-refractivity contribution in [2.45, 2.75) is 9.79 Å². The number of hydrogen-bond acceptors (Lipinski definition) is 4. The largest absolute Gasteiger partial charge is 0.256 e. The second-order valence-electron chi connectivity index (χ2n) is 3.98. The van der Waals surface area contributed by atoms with Gasteiger partial charge in [-0.05, 0) is 24.3 Å². The lowest BCUT2D eigenvalue weighted by Gasteiger charge is -2.08. The van der Waals surface area contributed by atoms with Crippen LogP contribution in [-0.4, -0.2) is 16.8 Å². The predicted octanol–water partition coefficient (Wildman–Crippen LogP) is 1.63. The molecule has 112 valence electrons. The van der Waals surface area contributed by atoms with Crippen molar-refractivity contribution in [3.8, 4) is 0 Å². The van der Waals surface area contributed by atoms with E-state index in [1.165, 1.54) is 28.4 Å². The highest BCUT2D eigenvalue weighted by Gasteiger charge is 2.27. The van der Waals surface area contributed by atoms with E-state index >= 15 is 0 Å². The molecule has 21 heavy (non-hydrogen) atoms. The molecule has 9 heteroatoms. The van der Waals surface area contributed by atoms with Crippen molar-refractivity contribution in [1.82, 2.24) is 4.13 Å². The fraction of sp³-hybridized carbons (Fsp3) is 0. The molecule has 0 bridgehead atoms. The van der Waals surface area contributed by atoms with E-state index in [9.17, 15) is 25.6 Å². The minimum atomic E-state index is -4.69. The van der Waals surface area contributed by atoms with Crippen molar-refractivity contribution in [2.75, 3.05) is 0 Å².